The number of benzene rings is 2. The number of aromatic hydroxyl groups is 1. The normalized spacial score (nSPS) is 10.8. The minimum Gasteiger partial charge on any atom is -0.506 e. The Kier molecular flexibility index (Phi) is 3.35. The largest absolute Gasteiger partial charge is 0.506 e. The van der Waals surface area contributed by atoms with Gasteiger partial charge in [0.05, 0.1) is 5.69 Å². The second-order valence-corrected chi connectivity index (χ2v) is 4.78. The van der Waals surface area contributed by atoms with Crippen LogP contribution in [0.2, 0.25) is 0 Å². The molecule has 3 heteroatoms. The van der Waals surface area contributed by atoms with Crippen molar-refractivity contribution in [2.24, 2.45) is 5.73 Å². The molecule has 0 amide bonds. The van der Waals surface area contributed by atoms with Gasteiger partial charge >= 0.3 is 0 Å². The van der Waals surface area contributed by atoms with E-state index in [9.17, 15) is 5.11 Å². The molecular formula is C17H16N2O. The van der Waals surface area contributed by atoms with Gasteiger partial charge in [-0.05, 0) is 30.7 Å². The van der Waals surface area contributed by atoms with Crippen molar-refractivity contribution in [2.75, 3.05) is 6.54 Å². The highest BCUT2D eigenvalue weighted by Crippen LogP contribution is 2.26. The first kappa shape index (κ1) is 12.6. The minimum absolute atomic E-state index is 0.212. The van der Waals surface area contributed by atoms with Gasteiger partial charge in [0.25, 0.3) is 0 Å². The molecule has 100 valence electrons. The summed E-state index contributed by atoms with van der Waals surface area (Å²) >= 11 is 0. The van der Waals surface area contributed by atoms with E-state index < -0.39 is 0 Å². The van der Waals surface area contributed by atoms with E-state index in [0.717, 1.165) is 23.1 Å². The number of pyridine rings is 1. The van der Waals surface area contributed by atoms with Crippen molar-refractivity contribution in [2.45, 2.75) is 6.42 Å². The molecule has 0 radical (unpaired) electrons. The topological polar surface area (TPSA) is 59.1 Å². The Labute approximate surface area is 117 Å². The molecule has 3 nitrogen and oxygen atoms in total. The van der Waals surface area contributed by atoms with Gasteiger partial charge in [0, 0.05) is 10.9 Å². The highest BCUT2D eigenvalue weighted by atomic mass is 16.3. The molecule has 0 atom stereocenters. The molecular weight excluding hydrogens is 248 g/mol. The number of phenolic OH excluding ortho intramolecular Hbond substituents is 1. The highest BCUT2D eigenvalue weighted by molar-refractivity contribution is 5.86. The second-order valence-electron chi connectivity index (χ2n) is 4.78. The van der Waals surface area contributed by atoms with Crippen LogP contribution < -0.4 is 5.73 Å². The van der Waals surface area contributed by atoms with Crippen LogP contribution in [0.1, 0.15) is 5.56 Å². The number of rotatable bonds is 3. The SMILES string of the molecule is NCCc1ccc(-c2ccc3cccc(O)c3n2)cc1. The van der Waals surface area contributed by atoms with Crippen molar-refractivity contribution in [3.05, 3.63) is 60.2 Å². The van der Waals surface area contributed by atoms with Crippen LogP contribution >= 0.6 is 0 Å². The predicted molar refractivity (Wildman–Crippen MR) is 81.6 cm³/mol. The average molecular weight is 264 g/mol. The molecule has 3 N–H and O–H groups in total. The molecule has 0 aliphatic carbocycles. The van der Waals surface area contributed by atoms with Crippen molar-refractivity contribution in [1.82, 2.24) is 4.98 Å². The van der Waals surface area contributed by atoms with Gasteiger partial charge in [-0.3, -0.25) is 0 Å². The average Bonchev–Trinajstić information content (AvgIpc) is 2.49. The Bertz CT molecular complexity index is 736. The second kappa shape index (κ2) is 5.31. The fourth-order valence-corrected chi connectivity index (χ4v) is 2.30. The molecule has 0 saturated heterocycles. The number of phenols is 1. The van der Waals surface area contributed by atoms with Gasteiger partial charge in [0.2, 0.25) is 0 Å². The first-order valence-electron chi connectivity index (χ1n) is 6.66. The van der Waals surface area contributed by atoms with Crippen molar-refractivity contribution < 1.29 is 5.11 Å². The highest BCUT2D eigenvalue weighted by Gasteiger charge is 2.04. The first-order chi connectivity index (χ1) is 9.78. The molecule has 0 spiro atoms. The smallest absolute Gasteiger partial charge is 0.141 e. The molecule has 0 bridgehead atoms. The monoisotopic (exact) mass is 264 g/mol. The zero-order valence-electron chi connectivity index (χ0n) is 11.1. The fourth-order valence-electron chi connectivity index (χ4n) is 2.30. The van der Waals surface area contributed by atoms with Gasteiger partial charge in [0.1, 0.15) is 11.3 Å². The lowest BCUT2D eigenvalue weighted by Crippen LogP contribution is -2.02. The van der Waals surface area contributed by atoms with Crippen molar-refractivity contribution in [3.63, 3.8) is 0 Å². The Morgan fingerprint density at radius 3 is 2.50 bits per heavy atom. The molecule has 0 saturated carbocycles. The van der Waals surface area contributed by atoms with Gasteiger partial charge in [-0.15, -0.1) is 0 Å². The zero-order chi connectivity index (χ0) is 13.9. The molecule has 0 unspecified atom stereocenters. The summed E-state index contributed by atoms with van der Waals surface area (Å²) in [4.78, 5) is 4.55. The first-order valence-corrected chi connectivity index (χ1v) is 6.66. The number of hydrogen-bond acceptors (Lipinski definition) is 3. The van der Waals surface area contributed by atoms with E-state index in [2.05, 4.69) is 17.1 Å². The Hall–Kier alpha value is -2.39. The van der Waals surface area contributed by atoms with Crippen LogP contribution in [0.25, 0.3) is 22.2 Å². The Balaban J connectivity index is 2.03. The Morgan fingerprint density at radius 1 is 0.950 bits per heavy atom. The van der Waals surface area contributed by atoms with E-state index in [1.165, 1.54) is 5.56 Å². The van der Waals surface area contributed by atoms with Gasteiger partial charge in [-0.2, -0.15) is 0 Å². The summed E-state index contributed by atoms with van der Waals surface area (Å²) in [5.74, 6) is 0.212. The van der Waals surface area contributed by atoms with E-state index in [0.29, 0.717) is 12.1 Å². The van der Waals surface area contributed by atoms with Gasteiger partial charge in [-0.1, -0.05) is 42.5 Å². The number of para-hydroxylation sites is 1. The van der Waals surface area contributed by atoms with Crippen LogP contribution in [0.4, 0.5) is 0 Å². The van der Waals surface area contributed by atoms with Crippen LogP contribution in [0, 0.1) is 0 Å². The number of nitrogens with two attached hydrogens (primary N) is 1. The van der Waals surface area contributed by atoms with Crippen LogP contribution in [0.5, 0.6) is 5.75 Å². The number of nitrogens with zero attached hydrogens (tertiary/aromatic N) is 1. The van der Waals surface area contributed by atoms with E-state index in [1.54, 1.807) is 6.07 Å². The molecule has 1 heterocycles. The summed E-state index contributed by atoms with van der Waals surface area (Å²) in [6.07, 6.45) is 0.881. The molecule has 3 aromatic rings. The van der Waals surface area contributed by atoms with Crippen molar-refractivity contribution >= 4 is 10.9 Å². The number of aromatic nitrogens is 1. The van der Waals surface area contributed by atoms with Crippen molar-refractivity contribution in [3.8, 4) is 17.0 Å². The maximum atomic E-state index is 9.88. The summed E-state index contributed by atoms with van der Waals surface area (Å²) in [5, 5.41) is 10.8. The standard InChI is InChI=1S/C17H16N2O/c18-11-10-12-4-6-13(7-5-12)15-9-8-14-2-1-3-16(20)17(14)19-15/h1-9,20H,10-11,18H2. The molecule has 0 aliphatic heterocycles. The van der Waals surface area contributed by atoms with Gasteiger partial charge in [0.15, 0.2) is 0 Å². The third-order valence-corrected chi connectivity index (χ3v) is 3.38. The van der Waals surface area contributed by atoms with Crippen LogP contribution in [0.15, 0.2) is 54.6 Å². The minimum atomic E-state index is 0.212. The van der Waals surface area contributed by atoms with Crippen LogP contribution in [-0.2, 0) is 6.42 Å². The zero-order valence-corrected chi connectivity index (χ0v) is 11.1. The predicted octanol–water partition coefficient (Wildman–Crippen LogP) is 3.11. The third kappa shape index (κ3) is 2.36. The van der Waals surface area contributed by atoms with E-state index in [4.69, 9.17) is 5.73 Å². The fraction of sp³-hybridized carbons (Fsp3) is 0.118. The molecule has 1 aromatic heterocycles. The van der Waals surface area contributed by atoms with Gasteiger partial charge in [-0.25, -0.2) is 4.98 Å². The maximum Gasteiger partial charge on any atom is 0.141 e. The summed E-state index contributed by atoms with van der Waals surface area (Å²) in [7, 11) is 0. The summed E-state index contributed by atoms with van der Waals surface area (Å²) in [6, 6.07) is 17.6. The third-order valence-electron chi connectivity index (χ3n) is 3.38. The quantitative estimate of drug-likeness (QED) is 0.764. The summed E-state index contributed by atoms with van der Waals surface area (Å²) in [6.45, 7) is 0.654. The lowest BCUT2D eigenvalue weighted by Gasteiger charge is -2.06. The molecule has 0 aliphatic rings. The molecule has 3 rings (SSSR count). The van der Waals surface area contributed by atoms with Crippen LogP contribution in [-0.4, -0.2) is 16.6 Å². The van der Waals surface area contributed by atoms with Gasteiger partial charge < -0.3 is 10.8 Å². The van der Waals surface area contributed by atoms with E-state index in [1.807, 2.05) is 36.4 Å². The summed E-state index contributed by atoms with van der Waals surface area (Å²) < 4.78 is 0. The van der Waals surface area contributed by atoms with Crippen molar-refractivity contribution in [1.29, 1.82) is 0 Å². The lowest BCUT2D eigenvalue weighted by atomic mass is 10.1. The number of fused-ring (bicyclic) bond motifs is 1. The summed E-state index contributed by atoms with van der Waals surface area (Å²) in [5.41, 5.74) is 9.30. The van der Waals surface area contributed by atoms with Crippen LogP contribution in [0.3, 0.4) is 0 Å². The molecule has 20 heavy (non-hydrogen) atoms. The molecule has 0 fully saturated rings. The lowest BCUT2D eigenvalue weighted by molar-refractivity contribution is 0.480. The van der Waals surface area contributed by atoms with E-state index in [-0.39, 0.29) is 5.75 Å². The number of hydrogen-bond donors (Lipinski definition) is 2. The molecule has 2 aromatic carbocycles. The maximum absolute atomic E-state index is 9.88. The van der Waals surface area contributed by atoms with E-state index >= 15 is 0 Å². The Morgan fingerprint density at radius 2 is 1.75 bits per heavy atom.